The first kappa shape index (κ1) is 8.78. The van der Waals surface area contributed by atoms with Gasteiger partial charge in [0.05, 0.1) is 6.61 Å². The Bertz CT molecular complexity index is 174. The average Bonchev–Trinajstić information content (AvgIpc) is 2.01. The van der Waals surface area contributed by atoms with Gasteiger partial charge in [-0.1, -0.05) is 0 Å². The molecule has 1 aliphatic carbocycles. The zero-order valence-corrected chi connectivity index (χ0v) is 7.03. The number of hydrogen-bond donors (Lipinski definition) is 0. The summed E-state index contributed by atoms with van der Waals surface area (Å²) in [6.07, 6.45) is -0.486. The third-order valence-corrected chi connectivity index (χ3v) is 2.45. The fourth-order valence-corrected chi connectivity index (χ4v) is 1.26. The van der Waals surface area contributed by atoms with Gasteiger partial charge in [-0.15, -0.1) is 11.6 Å². The minimum Gasteiger partial charge on any atom is -0.465 e. The van der Waals surface area contributed by atoms with Crippen LogP contribution in [0.1, 0.15) is 19.8 Å². The molecule has 0 bridgehead atoms. The molecule has 2 nitrogen and oxygen atoms in total. The summed E-state index contributed by atoms with van der Waals surface area (Å²) in [5.74, 6) is -0.625. The zero-order chi connectivity index (χ0) is 8.48. The summed E-state index contributed by atoms with van der Waals surface area (Å²) in [5, 5.41) is 0. The first-order valence-corrected chi connectivity index (χ1v) is 3.99. The molecule has 0 aliphatic heterocycles. The predicted octanol–water partition coefficient (Wildman–Crippen LogP) is 1.66. The van der Waals surface area contributed by atoms with Gasteiger partial charge in [0.2, 0.25) is 0 Å². The van der Waals surface area contributed by atoms with Gasteiger partial charge >= 0.3 is 5.97 Å². The highest BCUT2D eigenvalue weighted by molar-refractivity contribution is 6.35. The minimum absolute atomic E-state index is 0.250. The van der Waals surface area contributed by atoms with Gasteiger partial charge in [-0.3, -0.25) is 4.79 Å². The normalized spacial score (nSPS) is 36.1. The van der Waals surface area contributed by atoms with E-state index in [0.29, 0.717) is 12.8 Å². The lowest BCUT2D eigenvalue weighted by molar-refractivity contribution is -0.152. The van der Waals surface area contributed by atoms with Crippen LogP contribution >= 0.6 is 11.6 Å². The molecule has 0 aromatic rings. The third-order valence-electron chi connectivity index (χ3n) is 1.87. The van der Waals surface area contributed by atoms with Crippen molar-refractivity contribution in [3.8, 4) is 0 Å². The maximum Gasteiger partial charge on any atom is 0.330 e. The minimum atomic E-state index is -1.37. The molecule has 11 heavy (non-hydrogen) atoms. The van der Waals surface area contributed by atoms with Crippen molar-refractivity contribution in [2.24, 2.45) is 0 Å². The van der Waals surface area contributed by atoms with E-state index >= 15 is 0 Å². The van der Waals surface area contributed by atoms with Gasteiger partial charge in [0.1, 0.15) is 6.17 Å². The molecule has 1 fully saturated rings. The Labute approximate surface area is 69.7 Å². The molecule has 0 heterocycles. The number of hydrogen-bond acceptors (Lipinski definition) is 2. The van der Waals surface area contributed by atoms with Crippen molar-refractivity contribution in [2.45, 2.75) is 30.8 Å². The molecular formula is C7H10ClFO2. The van der Waals surface area contributed by atoms with E-state index in [1.54, 1.807) is 6.92 Å². The number of rotatable bonds is 2. The average molecular weight is 181 g/mol. The monoisotopic (exact) mass is 180 g/mol. The Morgan fingerprint density at radius 3 is 2.82 bits per heavy atom. The van der Waals surface area contributed by atoms with Crippen molar-refractivity contribution in [2.75, 3.05) is 6.61 Å². The van der Waals surface area contributed by atoms with Crippen LogP contribution in [-0.4, -0.2) is 23.6 Å². The highest BCUT2D eigenvalue weighted by Gasteiger charge is 2.53. The van der Waals surface area contributed by atoms with Crippen LogP contribution in [0.4, 0.5) is 4.39 Å². The smallest absolute Gasteiger partial charge is 0.330 e. The maximum absolute atomic E-state index is 12.7. The van der Waals surface area contributed by atoms with E-state index in [-0.39, 0.29) is 6.61 Å². The highest BCUT2D eigenvalue weighted by atomic mass is 35.5. The Morgan fingerprint density at radius 2 is 2.55 bits per heavy atom. The largest absolute Gasteiger partial charge is 0.465 e. The van der Waals surface area contributed by atoms with E-state index in [2.05, 4.69) is 4.74 Å². The molecule has 0 aromatic heterocycles. The van der Waals surface area contributed by atoms with Crippen molar-refractivity contribution in [1.82, 2.24) is 0 Å². The summed E-state index contributed by atoms with van der Waals surface area (Å²) in [7, 11) is 0. The zero-order valence-electron chi connectivity index (χ0n) is 6.27. The summed E-state index contributed by atoms with van der Waals surface area (Å²) >= 11 is 5.64. The van der Waals surface area contributed by atoms with Crippen LogP contribution in [0.3, 0.4) is 0 Å². The fourth-order valence-electron chi connectivity index (χ4n) is 0.988. The molecule has 2 atom stereocenters. The van der Waals surface area contributed by atoms with Gasteiger partial charge in [-0.25, -0.2) is 4.39 Å². The SMILES string of the molecule is CCOC(=O)C1(Cl)CCC1F. The summed E-state index contributed by atoms with van der Waals surface area (Å²) in [4.78, 5) is 9.60. The number of carbonyl (C=O) groups excluding carboxylic acids is 1. The molecule has 1 saturated carbocycles. The molecule has 2 unspecified atom stereocenters. The summed E-state index contributed by atoms with van der Waals surface area (Å²) in [6, 6.07) is 0. The van der Waals surface area contributed by atoms with Gasteiger partial charge in [-0.2, -0.15) is 0 Å². The predicted molar refractivity (Wildman–Crippen MR) is 39.3 cm³/mol. The van der Waals surface area contributed by atoms with Gasteiger partial charge in [-0.05, 0) is 19.8 Å². The number of ether oxygens (including phenoxy) is 1. The van der Waals surface area contributed by atoms with Crippen LogP contribution in [-0.2, 0) is 9.53 Å². The Hall–Kier alpha value is -0.310. The molecule has 0 radical (unpaired) electrons. The Balaban J connectivity index is 2.51. The third kappa shape index (κ3) is 1.34. The van der Waals surface area contributed by atoms with E-state index in [0.717, 1.165) is 0 Å². The van der Waals surface area contributed by atoms with Crippen molar-refractivity contribution in [1.29, 1.82) is 0 Å². The van der Waals surface area contributed by atoms with Crippen molar-refractivity contribution < 1.29 is 13.9 Å². The molecule has 1 rings (SSSR count). The van der Waals surface area contributed by atoms with Crippen LogP contribution < -0.4 is 0 Å². The molecule has 0 saturated heterocycles. The van der Waals surface area contributed by atoms with Gasteiger partial charge in [0.25, 0.3) is 0 Å². The van der Waals surface area contributed by atoms with Crippen molar-refractivity contribution in [3.05, 3.63) is 0 Å². The van der Waals surface area contributed by atoms with Crippen LogP contribution in [0.25, 0.3) is 0 Å². The number of carbonyl (C=O) groups is 1. The lowest BCUT2D eigenvalue weighted by Gasteiger charge is -2.36. The van der Waals surface area contributed by atoms with Crippen LogP contribution in [0.2, 0.25) is 0 Å². The Kier molecular flexibility index (Phi) is 2.37. The molecule has 0 amide bonds. The topological polar surface area (TPSA) is 26.3 Å². The number of halogens is 2. The van der Waals surface area contributed by atoms with E-state index in [9.17, 15) is 9.18 Å². The van der Waals surface area contributed by atoms with Crippen LogP contribution in [0.15, 0.2) is 0 Å². The Morgan fingerprint density at radius 1 is 1.91 bits per heavy atom. The van der Waals surface area contributed by atoms with Crippen LogP contribution in [0.5, 0.6) is 0 Å². The molecule has 0 aromatic carbocycles. The molecule has 4 heteroatoms. The number of esters is 1. The second-order valence-electron chi connectivity index (χ2n) is 2.59. The molecular weight excluding hydrogens is 171 g/mol. The lowest BCUT2D eigenvalue weighted by atomic mass is 9.82. The first-order chi connectivity index (χ1) is 5.11. The highest BCUT2D eigenvalue weighted by Crippen LogP contribution is 2.41. The van der Waals surface area contributed by atoms with Crippen molar-refractivity contribution in [3.63, 3.8) is 0 Å². The molecule has 0 spiro atoms. The van der Waals surface area contributed by atoms with Gasteiger partial charge < -0.3 is 4.74 Å². The second kappa shape index (κ2) is 2.97. The first-order valence-electron chi connectivity index (χ1n) is 3.61. The summed E-state index contributed by atoms with van der Waals surface area (Å²) in [5.41, 5.74) is 0. The molecule has 1 aliphatic rings. The summed E-state index contributed by atoms with van der Waals surface area (Å²) in [6.45, 7) is 1.92. The van der Waals surface area contributed by atoms with E-state index in [4.69, 9.17) is 11.6 Å². The summed E-state index contributed by atoms with van der Waals surface area (Å²) < 4.78 is 17.3. The quantitative estimate of drug-likeness (QED) is 0.477. The van der Waals surface area contributed by atoms with E-state index < -0.39 is 17.0 Å². The standard InChI is InChI=1S/C7H10ClFO2/c1-2-11-6(10)7(8)4-3-5(7)9/h5H,2-4H2,1H3. The van der Waals surface area contributed by atoms with Crippen molar-refractivity contribution >= 4 is 17.6 Å². The maximum atomic E-state index is 12.7. The van der Waals surface area contributed by atoms with Gasteiger partial charge in [0, 0.05) is 0 Å². The van der Waals surface area contributed by atoms with Gasteiger partial charge in [0.15, 0.2) is 4.87 Å². The fraction of sp³-hybridized carbons (Fsp3) is 0.857. The molecule has 0 N–H and O–H groups in total. The molecule has 64 valence electrons. The second-order valence-corrected chi connectivity index (χ2v) is 3.26. The number of alkyl halides is 2. The van der Waals surface area contributed by atoms with Crippen LogP contribution in [0, 0.1) is 0 Å². The van der Waals surface area contributed by atoms with E-state index in [1.807, 2.05) is 0 Å². The lowest BCUT2D eigenvalue weighted by Crippen LogP contribution is -2.51. The van der Waals surface area contributed by atoms with E-state index in [1.165, 1.54) is 0 Å².